The topological polar surface area (TPSA) is 98.1 Å². The van der Waals surface area contributed by atoms with Crippen LogP contribution in [-0.2, 0) is 16.0 Å². The lowest BCUT2D eigenvalue weighted by molar-refractivity contribution is -0.139. The number of nitrogens with one attached hydrogen (secondary N) is 1. The van der Waals surface area contributed by atoms with E-state index in [2.05, 4.69) is 5.32 Å². The molecule has 1 aromatic heterocycles. The van der Waals surface area contributed by atoms with E-state index in [1.807, 2.05) is 20.8 Å². The first-order valence-electron chi connectivity index (χ1n) is 9.70. The Morgan fingerprint density at radius 2 is 2.10 bits per heavy atom. The molecule has 0 unspecified atom stereocenters. The zero-order valence-electron chi connectivity index (χ0n) is 16.8. The summed E-state index contributed by atoms with van der Waals surface area (Å²) in [5.41, 5.74) is 1.21. The van der Waals surface area contributed by atoms with Gasteiger partial charge in [0.2, 0.25) is 5.91 Å². The molecule has 8 heteroatoms. The van der Waals surface area contributed by atoms with E-state index in [1.54, 1.807) is 6.07 Å². The van der Waals surface area contributed by atoms with Gasteiger partial charge in [-0.05, 0) is 39.2 Å². The second-order valence-corrected chi connectivity index (χ2v) is 8.12. The van der Waals surface area contributed by atoms with Crippen LogP contribution in [0.4, 0.5) is 0 Å². The monoisotopic (exact) mass is 400 g/mol. The summed E-state index contributed by atoms with van der Waals surface area (Å²) < 4.78 is 17.5. The van der Waals surface area contributed by atoms with Crippen LogP contribution >= 0.6 is 0 Å². The first kappa shape index (κ1) is 19.3. The average Bonchev–Trinajstić information content (AvgIpc) is 2.64. The molecule has 2 aromatic rings. The highest BCUT2D eigenvalue weighted by Crippen LogP contribution is 2.42. The van der Waals surface area contributed by atoms with E-state index in [9.17, 15) is 14.4 Å². The third kappa shape index (κ3) is 3.79. The molecule has 2 aliphatic heterocycles. The number of carbonyl (C=O) groups is 2. The first-order chi connectivity index (χ1) is 13.7. The van der Waals surface area contributed by atoms with Crippen molar-refractivity contribution >= 4 is 22.8 Å². The molecule has 1 N–H and O–H groups in total. The number of benzene rings is 1. The Labute approximate surface area is 167 Å². The molecule has 1 aromatic carbocycles. The number of amides is 2. The van der Waals surface area contributed by atoms with Gasteiger partial charge in [-0.15, -0.1) is 0 Å². The minimum absolute atomic E-state index is 0.0261. The highest BCUT2D eigenvalue weighted by molar-refractivity contribution is 5.92. The standard InChI is InChI=1S/C21H24N2O6/c1-12-8-18(26)28-20-13-4-5-21(2,3)29-14(13)9-15(19(12)20)27-11-17(25)23-7-6-22-16(24)10-23/h8-9H,4-7,10-11H2,1-3H3,(H,22,24). The van der Waals surface area contributed by atoms with E-state index in [-0.39, 0.29) is 30.6 Å². The zero-order valence-corrected chi connectivity index (χ0v) is 16.8. The van der Waals surface area contributed by atoms with Crippen LogP contribution in [0.15, 0.2) is 21.3 Å². The molecule has 4 rings (SSSR count). The summed E-state index contributed by atoms with van der Waals surface area (Å²) >= 11 is 0. The molecular formula is C21H24N2O6. The van der Waals surface area contributed by atoms with Crippen LogP contribution < -0.4 is 20.4 Å². The number of aryl methyl sites for hydroxylation is 2. The molecule has 1 saturated heterocycles. The fourth-order valence-electron chi connectivity index (χ4n) is 3.82. The lowest BCUT2D eigenvalue weighted by atomic mass is 9.92. The van der Waals surface area contributed by atoms with Crippen LogP contribution in [0.1, 0.15) is 31.4 Å². The van der Waals surface area contributed by atoms with E-state index < -0.39 is 5.63 Å². The van der Waals surface area contributed by atoms with E-state index in [4.69, 9.17) is 13.9 Å². The van der Waals surface area contributed by atoms with Gasteiger partial charge in [0.15, 0.2) is 6.61 Å². The van der Waals surface area contributed by atoms with Crippen molar-refractivity contribution < 1.29 is 23.5 Å². The maximum atomic E-state index is 12.5. The summed E-state index contributed by atoms with van der Waals surface area (Å²) in [6, 6.07) is 3.17. The van der Waals surface area contributed by atoms with E-state index >= 15 is 0 Å². The molecule has 0 atom stereocenters. The van der Waals surface area contributed by atoms with Crippen LogP contribution in [-0.4, -0.2) is 48.6 Å². The molecule has 0 radical (unpaired) electrons. The Morgan fingerprint density at radius 3 is 2.86 bits per heavy atom. The average molecular weight is 400 g/mol. The number of nitrogens with zero attached hydrogens (tertiary/aromatic N) is 1. The molecule has 1 fully saturated rings. The van der Waals surface area contributed by atoms with Crippen molar-refractivity contribution in [2.45, 2.75) is 39.2 Å². The van der Waals surface area contributed by atoms with Crippen LogP contribution in [0.2, 0.25) is 0 Å². The fourth-order valence-corrected chi connectivity index (χ4v) is 3.82. The number of carbonyl (C=O) groups excluding carboxylic acids is 2. The number of piperazine rings is 1. The molecule has 154 valence electrons. The summed E-state index contributed by atoms with van der Waals surface area (Å²) in [5, 5.41) is 3.35. The Bertz CT molecular complexity index is 1060. The molecule has 2 aliphatic rings. The molecule has 8 nitrogen and oxygen atoms in total. The third-order valence-corrected chi connectivity index (χ3v) is 5.34. The second-order valence-electron chi connectivity index (χ2n) is 8.12. The van der Waals surface area contributed by atoms with Crippen molar-refractivity contribution in [1.29, 1.82) is 0 Å². The lowest BCUT2D eigenvalue weighted by Gasteiger charge is -2.33. The Hall–Kier alpha value is -3.03. The van der Waals surface area contributed by atoms with Gasteiger partial charge >= 0.3 is 5.63 Å². The van der Waals surface area contributed by atoms with Crippen LogP contribution in [0.5, 0.6) is 11.5 Å². The van der Waals surface area contributed by atoms with E-state index in [0.717, 1.165) is 12.0 Å². The summed E-state index contributed by atoms with van der Waals surface area (Å²) in [4.78, 5) is 37.5. The Balaban J connectivity index is 1.69. The van der Waals surface area contributed by atoms with Gasteiger partial charge in [-0.25, -0.2) is 4.79 Å². The number of hydrogen-bond donors (Lipinski definition) is 1. The molecule has 0 bridgehead atoms. The largest absolute Gasteiger partial charge is 0.487 e. The first-order valence-corrected chi connectivity index (χ1v) is 9.70. The number of hydrogen-bond acceptors (Lipinski definition) is 6. The smallest absolute Gasteiger partial charge is 0.336 e. The maximum absolute atomic E-state index is 12.5. The predicted octanol–water partition coefficient (Wildman–Crippen LogP) is 1.54. The number of ether oxygens (including phenoxy) is 2. The maximum Gasteiger partial charge on any atom is 0.336 e. The molecule has 29 heavy (non-hydrogen) atoms. The van der Waals surface area contributed by atoms with Crippen molar-refractivity contribution in [3.8, 4) is 11.5 Å². The Morgan fingerprint density at radius 1 is 1.31 bits per heavy atom. The summed E-state index contributed by atoms with van der Waals surface area (Å²) in [6.45, 7) is 6.49. The SMILES string of the molecule is Cc1cc(=O)oc2c3c(cc(OCC(=O)N4CCNC(=O)C4)c12)OC(C)(C)CC3. The van der Waals surface area contributed by atoms with Gasteiger partial charge in [0.1, 0.15) is 22.7 Å². The molecular weight excluding hydrogens is 376 g/mol. The summed E-state index contributed by atoms with van der Waals surface area (Å²) in [6.07, 6.45) is 1.51. The lowest BCUT2D eigenvalue weighted by Crippen LogP contribution is -2.51. The van der Waals surface area contributed by atoms with Crippen molar-refractivity contribution in [3.05, 3.63) is 33.7 Å². The van der Waals surface area contributed by atoms with Gasteiger partial charge in [0.05, 0.1) is 11.9 Å². The second kappa shape index (κ2) is 7.09. The molecule has 2 amide bonds. The van der Waals surface area contributed by atoms with Gasteiger partial charge in [0, 0.05) is 30.8 Å². The van der Waals surface area contributed by atoms with E-state index in [0.29, 0.717) is 47.5 Å². The van der Waals surface area contributed by atoms with Crippen molar-refractivity contribution in [2.24, 2.45) is 0 Å². The van der Waals surface area contributed by atoms with E-state index in [1.165, 1.54) is 11.0 Å². The Kier molecular flexibility index (Phi) is 4.72. The quantitative estimate of drug-likeness (QED) is 0.785. The minimum Gasteiger partial charge on any atom is -0.487 e. The highest BCUT2D eigenvalue weighted by Gasteiger charge is 2.31. The van der Waals surface area contributed by atoms with Crippen molar-refractivity contribution in [2.75, 3.05) is 26.2 Å². The van der Waals surface area contributed by atoms with Gasteiger partial charge in [0.25, 0.3) is 5.91 Å². The predicted molar refractivity (Wildman–Crippen MR) is 105 cm³/mol. The summed E-state index contributed by atoms with van der Waals surface area (Å²) in [7, 11) is 0. The van der Waals surface area contributed by atoms with Crippen LogP contribution in [0, 0.1) is 6.92 Å². The van der Waals surface area contributed by atoms with Gasteiger partial charge < -0.3 is 24.1 Å². The molecule has 0 aliphatic carbocycles. The number of rotatable bonds is 3. The van der Waals surface area contributed by atoms with Gasteiger partial charge in [-0.2, -0.15) is 0 Å². The third-order valence-electron chi connectivity index (χ3n) is 5.34. The zero-order chi connectivity index (χ0) is 20.8. The van der Waals surface area contributed by atoms with Gasteiger partial charge in [-0.1, -0.05) is 0 Å². The summed E-state index contributed by atoms with van der Waals surface area (Å²) in [5.74, 6) is 0.564. The minimum atomic E-state index is -0.436. The van der Waals surface area contributed by atoms with Gasteiger partial charge in [-0.3, -0.25) is 9.59 Å². The number of fused-ring (bicyclic) bond motifs is 3. The molecule has 3 heterocycles. The van der Waals surface area contributed by atoms with Crippen LogP contribution in [0.25, 0.3) is 11.0 Å². The van der Waals surface area contributed by atoms with Crippen molar-refractivity contribution in [3.63, 3.8) is 0 Å². The molecule has 0 saturated carbocycles. The fraction of sp³-hybridized carbons (Fsp3) is 0.476. The normalized spacial score (nSPS) is 18.0. The molecule has 0 spiro atoms. The van der Waals surface area contributed by atoms with Crippen molar-refractivity contribution in [1.82, 2.24) is 10.2 Å². The highest BCUT2D eigenvalue weighted by atomic mass is 16.5. The van der Waals surface area contributed by atoms with Crippen LogP contribution in [0.3, 0.4) is 0 Å².